The summed E-state index contributed by atoms with van der Waals surface area (Å²) in [6, 6.07) is 9.08. The molecule has 1 saturated heterocycles. The van der Waals surface area contributed by atoms with Crippen molar-refractivity contribution in [2.24, 2.45) is 16.5 Å². The second-order valence-electron chi connectivity index (χ2n) is 11.0. The Bertz CT molecular complexity index is 1230. The molecule has 4 heteroatoms. The molecule has 2 spiro atoms. The molecule has 5 aliphatic rings. The first-order valence-electron chi connectivity index (χ1n) is 12.2. The maximum absolute atomic E-state index is 9.46. The third-order valence-corrected chi connectivity index (χ3v) is 9.72. The van der Waals surface area contributed by atoms with Crippen LogP contribution >= 0.6 is 0 Å². The van der Waals surface area contributed by atoms with Gasteiger partial charge in [-0.3, -0.25) is 4.98 Å². The van der Waals surface area contributed by atoms with Crippen LogP contribution in [0.2, 0.25) is 0 Å². The van der Waals surface area contributed by atoms with Crippen molar-refractivity contribution in [3.63, 3.8) is 0 Å². The van der Waals surface area contributed by atoms with Gasteiger partial charge in [0.15, 0.2) is 0 Å². The summed E-state index contributed by atoms with van der Waals surface area (Å²) in [5, 5.41) is 15.6. The first-order valence-corrected chi connectivity index (χ1v) is 12.2. The number of rotatable bonds is 1. The Kier molecular flexibility index (Phi) is 3.76. The SMILES string of the molecule is C[C@]12CC=C3C=C4CC/C(=N/O)C[C@]45CC[C@]3(O5)[C@@H]1CC[C@@H]2c1ccc2ccncc2c1. The average molecular weight is 427 g/mol. The van der Waals surface area contributed by atoms with Crippen molar-refractivity contribution >= 4 is 16.5 Å². The summed E-state index contributed by atoms with van der Waals surface area (Å²) in [4.78, 5) is 4.35. The average Bonchev–Trinajstić information content (AvgIpc) is 3.33. The van der Waals surface area contributed by atoms with Gasteiger partial charge in [-0.1, -0.05) is 36.4 Å². The van der Waals surface area contributed by atoms with Crippen LogP contribution in [0.15, 0.2) is 65.1 Å². The summed E-state index contributed by atoms with van der Waals surface area (Å²) in [5.74, 6) is 1.06. The monoisotopic (exact) mass is 426 g/mol. The maximum atomic E-state index is 9.46. The van der Waals surface area contributed by atoms with E-state index in [0.717, 1.165) is 44.2 Å². The zero-order valence-electron chi connectivity index (χ0n) is 18.7. The van der Waals surface area contributed by atoms with E-state index >= 15 is 0 Å². The molecule has 2 aliphatic heterocycles. The van der Waals surface area contributed by atoms with Gasteiger partial charge in [-0.05, 0) is 96.4 Å². The van der Waals surface area contributed by atoms with Gasteiger partial charge in [0.25, 0.3) is 0 Å². The summed E-state index contributed by atoms with van der Waals surface area (Å²) < 4.78 is 7.21. The zero-order valence-corrected chi connectivity index (χ0v) is 18.7. The summed E-state index contributed by atoms with van der Waals surface area (Å²) in [6.07, 6.45) is 17.1. The first kappa shape index (κ1) is 19.0. The number of pyridine rings is 1. The molecule has 1 aromatic heterocycles. The van der Waals surface area contributed by atoms with Crippen molar-refractivity contribution in [3.8, 4) is 0 Å². The smallest absolute Gasteiger partial charge is 0.0975 e. The quantitative estimate of drug-likeness (QED) is 0.430. The van der Waals surface area contributed by atoms with Crippen LogP contribution in [0, 0.1) is 11.3 Å². The van der Waals surface area contributed by atoms with Crippen molar-refractivity contribution in [1.82, 2.24) is 4.98 Å². The predicted molar refractivity (Wildman–Crippen MR) is 125 cm³/mol. The molecule has 1 aromatic carbocycles. The van der Waals surface area contributed by atoms with Crippen LogP contribution in [0.3, 0.4) is 0 Å². The molecule has 164 valence electrons. The van der Waals surface area contributed by atoms with E-state index in [-0.39, 0.29) is 16.6 Å². The highest BCUT2D eigenvalue weighted by atomic mass is 16.5. The van der Waals surface area contributed by atoms with E-state index in [0.29, 0.717) is 11.8 Å². The molecule has 2 saturated carbocycles. The van der Waals surface area contributed by atoms with Gasteiger partial charge in [0.2, 0.25) is 0 Å². The molecule has 2 bridgehead atoms. The van der Waals surface area contributed by atoms with Crippen LogP contribution < -0.4 is 0 Å². The maximum Gasteiger partial charge on any atom is 0.0975 e. The highest BCUT2D eigenvalue weighted by Gasteiger charge is 2.66. The number of hydrogen-bond acceptors (Lipinski definition) is 4. The minimum absolute atomic E-state index is 0.165. The molecule has 5 atom stereocenters. The molecule has 2 aromatic rings. The summed E-state index contributed by atoms with van der Waals surface area (Å²) in [6.45, 7) is 2.51. The lowest BCUT2D eigenvalue weighted by atomic mass is 9.58. The van der Waals surface area contributed by atoms with E-state index in [9.17, 15) is 5.21 Å². The van der Waals surface area contributed by atoms with Crippen LogP contribution in [0.5, 0.6) is 0 Å². The minimum Gasteiger partial charge on any atom is -0.411 e. The van der Waals surface area contributed by atoms with E-state index < -0.39 is 0 Å². The molecule has 3 aliphatic carbocycles. The van der Waals surface area contributed by atoms with Gasteiger partial charge in [0, 0.05) is 24.2 Å². The van der Waals surface area contributed by atoms with E-state index in [1.165, 1.54) is 40.3 Å². The summed E-state index contributed by atoms with van der Waals surface area (Å²) in [5.41, 5.74) is 5.03. The molecule has 3 heterocycles. The number of allylic oxidation sites excluding steroid dienone is 1. The largest absolute Gasteiger partial charge is 0.411 e. The van der Waals surface area contributed by atoms with Crippen LogP contribution in [-0.4, -0.2) is 27.1 Å². The highest BCUT2D eigenvalue weighted by molar-refractivity contribution is 5.87. The van der Waals surface area contributed by atoms with Crippen molar-refractivity contribution in [2.45, 2.75) is 75.4 Å². The van der Waals surface area contributed by atoms with Crippen molar-refractivity contribution in [2.75, 3.05) is 0 Å². The highest BCUT2D eigenvalue weighted by Crippen LogP contribution is 2.69. The number of hydrogen-bond donors (Lipinski definition) is 1. The van der Waals surface area contributed by atoms with Gasteiger partial charge in [0.1, 0.15) is 0 Å². The third kappa shape index (κ3) is 2.31. The Balaban J connectivity index is 1.30. The van der Waals surface area contributed by atoms with Crippen LogP contribution in [-0.2, 0) is 4.74 Å². The standard InChI is InChI=1S/C28H30N2O2/c1-26-10-8-22-15-21-4-5-23(30-31)16-27(21)11-12-28(22,32-27)25(26)7-6-24(26)19-3-2-18-9-13-29-17-20(18)14-19/h2-3,8-9,13-15,17,24-25,31H,4-7,10-12,16H2,1H3/b30-23-/t24-,25-,26-,27-,28-/m1/s1. The van der Waals surface area contributed by atoms with Gasteiger partial charge in [-0.25, -0.2) is 0 Å². The Morgan fingerprint density at radius 1 is 1.12 bits per heavy atom. The Morgan fingerprint density at radius 3 is 2.97 bits per heavy atom. The minimum atomic E-state index is -0.234. The fourth-order valence-electron chi connectivity index (χ4n) is 8.19. The van der Waals surface area contributed by atoms with E-state index in [1.54, 1.807) is 0 Å². The normalized spacial score (nSPS) is 41.1. The first-order chi connectivity index (χ1) is 15.6. The van der Waals surface area contributed by atoms with Gasteiger partial charge >= 0.3 is 0 Å². The predicted octanol–water partition coefficient (Wildman–Crippen LogP) is 6.31. The molecule has 1 N–H and O–H groups in total. The van der Waals surface area contributed by atoms with Crippen molar-refractivity contribution in [1.29, 1.82) is 0 Å². The number of fused-ring (bicyclic) bond motifs is 2. The molecule has 4 nitrogen and oxygen atoms in total. The lowest BCUT2D eigenvalue weighted by molar-refractivity contribution is -0.126. The molecule has 7 rings (SSSR count). The molecule has 32 heavy (non-hydrogen) atoms. The number of benzene rings is 1. The second kappa shape index (κ2) is 6.32. The second-order valence-corrected chi connectivity index (χ2v) is 11.0. The fourth-order valence-corrected chi connectivity index (χ4v) is 8.19. The van der Waals surface area contributed by atoms with Gasteiger partial charge in [-0.15, -0.1) is 0 Å². The number of nitrogens with zero attached hydrogens (tertiary/aromatic N) is 2. The third-order valence-electron chi connectivity index (χ3n) is 9.72. The summed E-state index contributed by atoms with van der Waals surface area (Å²) >= 11 is 0. The lowest BCUT2D eigenvalue weighted by Gasteiger charge is -2.54. The van der Waals surface area contributed by atoms with Gasteiger partial charge in [-0.2, -0.15) is 0 Å². The van der Waals surface area contributed by atoms with Crippen molar-refractivity contribution in [3.05, 3.63) is 65.5 Å². The molecular weight excluding hydrogens is 396 g/mol. The van der Waals surface area contributed by atoms with Crippen LogP contribution in [0.4, 0.5) is 0 Å². The molecule has 3 fully saturated rings. The lowest BCUT2D eigenvalue weighted by Crippen LogP contribution is -2.53. The molecule has 0 unspecified atom stereocenters. The fraction of sp³-hybridized carbons (Fsp3) is 0.500. The number of aromatic nitrogens is 1. The van der Waals surface area contributed by atoms with Crippen LogP contribution in [0.1, 0.15) is 69.8 Å². The topological polar surface area (TPSA) is 54.7 Å². The zero-order chi connectivity index (χ0) is 21.6. The van der Waals surface area contributed by atoms with Gasteiger partial charge < -0.3 is 9.94 Å². The number of oxime groups is 1. The Labute approximate surface area is 189 Å². The van der Waals surface area contributed by atoms with Crippen molar-refractivity contribution < 1.29 is 9.94 Å². The van der Waals surface area contributed by atoms with Gasteiger partial charge in [0.05, 0.1) is 16.9 Å². The van der Waals surface area contributed by atoms with Crippen LogP contribution in [0.25, 0.3) is 10.8 Å². The van der Waals surface area contributed by atoms with E-state index in [4.69, 9.17) is 4.74 Å². The molecule has 0 amide bonds. The van der Waals surface area contributed by atoms with E-state index in [2.05, 4.69) is 53.5 Å². The Hall–Kier alpha value is -2.46. The molecule has 0 radical (unpaired) electrons. The van der Waals surface area contributed by atoms with E-state index in [1.807, 2.05) is 12.4 Å². The molecular formula is C28H30N2O2. The number of ether oxygens (including phenoxy) is 1. The Morgan fingerprint density at radius 2 is 2.06 bits per heavy atom. The summed E-state index contributed by atoms with van der Waals surface area (Å²) in [7, 11) is 0.